The minimum Gasteiger partial charge on any atom is -0.389 e. The van der Waals surface area contributed by atoms with Gasteiger partial charge in [-0.1, -0.05) is 12.2 Å². The Morgan fingerprint density at radius 2 is 2.06 bits per heavy atom. The Labute approximate surface area is 111 Å². The second kappa shape index (κ2) is 7.24. The van der Waals surface area contributed by atoms with E-state index < -0.39 is 5.60 Å². The SMILES string of the molecule is CC(C)(O)CNC/C=C/C1(CCN)CCOCC1. The number of nitrogens with two attached hydrogens (primary N) is 1. The van der Waals surface area contributed by atoms with Crippen LogP contribution in [-0.4, -0.2) is 43.6 Å². The standard InChI is InChI=1S/C14H28N2O2/c1-13(2,17)12-16-9-3-4-14(5-8-15)6-10-18-11-7-14/h3-4,16-17H,5-12,15H2,1-2H3/b4-3+. The number of rotatable bonds is 7. The van der Waals surface area contributed by atoms with Gasteiger partial charge in [0.1, 0.15) is 0 Å². The summed E-state index contributed by atoms with van der Waals surface area (Å²) >= 11 is 0. The normalized spacial score (nSPS) is 20.4. The summed E-state index contributed by atoms with van der Waals surface area (Å²) in [5.74, 6) is 0. The molecule has 0 aromatic carbocycles. The van der Waals surface area contributed by atoms with Crippen molar-refractivity contribution in [3.63, 3.8) is 0 Å². The minimum absolute atomic E-state index is 0.226. The van der Waals surface area contributed by atoms with Crippen LogP contribution in [0.3, 0.4) is 0 Å². The molecule has 0 atom stereocenters. The maximum atomic E-state index is 9.58. The van der Waals surface area contributed by atoms with Gasteiger partial charge in [-0.15, -0.1) is 0 Å². The molecule has 0 bridgehead atoms. The Bertz CT molecular complexity index is 248. The summed E-state index contributed by atoms with van der Waals surface area (Å²) in [4.78, 5) is 0. The van der Waals surface area contributed by atoms with E-state index in [0.29, 0.717) is 6.54 Å². The monoisotopic (exact) mass is 256 g/mol. The number of ether oxygens (including phenoxy) is 1. The molecule has 4 nitrogen and oxygen atoms in total. The molecule has 0 spiro atoms. The number of hydrogen-bond acceptors (Lipinski definition) is 4. The van der Waals surface area contributed by atoms with Gasteiger partial charge >= 0.3 is 0 Å². The molecule has 0 amide bonds. The summed E-state index contributed by atoms with van der Waals surface area (Å²) in [6.45, 7) is 7.39. The second-order valence-corrected chi connectivity index (χ2v) is 5.86. The average molecular weight is 256 g/mol. The van der Waals surface area contributed by atoms with E-state index in [0.717, 1.165) is 45.6 Å². The van der Waals surface area contributed by atoms with Crippen molar-refractivity contribution in [1.29, 1.82) is 0 Å². The van der Waals surface area contributed by atoms with Crippen LogP contribution in [0, 0.1) is 5.41 Å². The lowest BCUT2D eigenvalue weighted by Crippen LogP contribution is -2.35. The zero-order chi connectivity index (χ0) is 13.5. The van der Waals surface area contributed by atoms with Crippen LogP contribution >= 0.6 is 0 Å². The first kappa shape index (κ1) is 15.6. The molecule has 0 saturated carbocycles. The molecule has 1 aliphatic rings. The van der Waals surface area contributed by atoms with Crippen LogP contribution in [0.5, 0.6) is 0 Å². The lowest BCUT2D eigenvalue weighted by Gasteiger charge is -2.34. The highest BCUT2D eigenvalue weighted by molar-refractivity contribution is 5.02. The average Bonchev–Trinajstić information content (AvgIpc) is 2.28. The van der Waals surface area contributed by atoms with Gasteiger partial charge in [0.2, 0.25) is 0 Å². The first-order valence-electron chi connectivity index (χ1n) is 6.86. The fraction of sp³-hybridized carbons (Fsp3) is 0.857. The molecule has 106 valence electrons. The molecule has 1 saturated heterocycles. The highest BCUT2D eigenvalue weighted by Gasteiger charge is 2.28. The summed E-state index contributed by atoms with van der Waals surface area (Å²) < 4.78 is 5.42. The zero-order valence-corrected chi connectivity index (χ0v) is 11.7. The largest absolute Gasteiger partial charge is 0.389 e. The first-order valence-corrected chi connectivity index (χ1v) is 6.86. The maximum absolute atomic E-state index is 9.58. The molecule has 0 aromatic rings. The van der Waals surface area contributed by atoms with E-state index in [-0.39, 0.29) is 5.41 Å². The van der Waals surface area contributed by atoms with Crippen molar-refractivity contribution >= 4 is 0 Å². The molecule has 1 heterocycles. The fourth-order valence-electron chi connectivity index (χ4n) is 2.34. The maximum Gasteiger partial charge on any atom is 0.0715 e. The van der Waals surface area contributed by atoms with Gasteiger partial charge < -0.3 is 20.9 Å². The second-order valence-electron chi connectivity index (χ2n) is 5.86. The van der Waals surface area contributed by atoms with Crippen molar-refractivity contribution in [1.82, 2.24) is 5.32 Å². The Hall–Kier alpha value is -0.420. The summed E-state index contributed by atoms with van der Waals surface area (Å²) in [5, 5.41) is 12.8. The van der Waals surface area contributed by atoms with Gasteiger partial charge in [-0.2, -0.15) is 0 Å². The molecule has 1 rings (SSSR count). The van der Waals surface area contributed by atoms with Gasteiger partial charge in [0, 0.05) is 26.3 Å². The van der Waals surface area contributed by atoms with E-state index in [9.17, 15) is 5.11 Å². The van der Waals surface area contributed by atoms with E-state index in [2.05, 4.69) is 17.5 Å². The van der Waals surface area contributed by atoms with Crippen molar-refractivity contribution in [2.45, 2.75) is 38.7 Å². The van der Waals surface area contributed by atoms with Gasteiger partial charge in [-0.25, -0.2) is 0 Å². The van der Waals surface area contributed by atoms with Crippen LogP contribution in [0.1, 0.15) is 33.1 Å². The van der Waals surface area contributed by atoms with Gasteiger partial charge in [-0.05, 0) is 45.1 Å². The number of hydrogen-bond donors (Lipinski definition) is 3. The van der Waals surface area contributed by atoms with Crippen molar-refractivity contribution in [3.05, 3.63) is 12.2 Å². The van der Waals surface area contributed by atoms with Gasteiger partial charge in [-0.3, -0.25) is 0 Å². The number of nitrogens with one attached hydrogen (secondary N) is 1. The van der Waals surface area contributed by atoms with Crippen LogP contribution in [0.15, 0.2) is 12.2 Å². The molecule has 1 fully saturated rings. The Kier molecular flexibility index (Phi) is 6.29. The highest BCUT2D eigenvalue weighted by atomic mass is 16.5. The van der Waals surface area contributed by atoms with E-state index in [1.165, 1.54) is 0 Å². The smallest absolute Gasteiger partial charge is 0.0715 e. The van der Waals surface area contributed by atoms with E-state index in [4.69, 9.17) is 10.5 Å². The summed E-state index contributed by atoms with van der Waals surface area (Å²) in [6, 6.07) is 0. The third-order valence-electron chi connectivity index (χ3n) is 3.42. The Morgan fingerprint density at radius 1 is 1.39 bits per heavy atom. The predicted octanol–water partition coefficient (Wildman–Crippen LogP) is 1.05. The Morgan fingerprint density at radius 3 is 2.61 bits per heavy atom. The molecule has 4 N–H and O–H groups in total. The van der Waals surface area contributed by atoms with Gasteiger partial charge in [0.25, 0.3) is 0 Å². The molecule has 18 heavy (non-hydrogen) atoms. The lowest BCUT2D eigenvalue weighted by molar-refractivity contribution is 0.0346. The van der Waals surface area contributed by atoms with Gasteiger partial charge in [0.15, 0.2) is 0 Å². The number of aliphatic hydroxyl groups is 1. The predicted molar refractivity (Wildman–Crippen MR) is 74.5 cm³/mol. The first-order chi connectivity index (χ1) is 8.47. The van der Waals surface area contributed by atoms with Crippen LogP contribution < -0.4 is 11.1 Å². The molecule has 0 unspecified atom stereocenters. The van der Waals surface area contributed by atoms with E-state index in [1.54, 1.807) is 13.8 Å². The number of allylic oxidation sites excluding steroid dienone is 1. The quantitative estimate of drug-likeness (QED) is 0.470. The van der Waals surface area contributed by atoms with Crippen molar-refractivity contribution in [2.75, 3.05) is 32.8 Å². The molecule has 1 aliphatic heterocycles. The van der Waals surface area contributed by atoms with Crippen molar-refractivity contribution < 1.29 is 9.84 Å². The molecular formula is C14H28N2O2. The van der Waals surface area contributed by atoms with Crippen molar-refractivity contribution in [3.8, 4) is 0 Å². The van der Waals surface area contributed by atoms with Crippen LogP contribution in [-0.2, 0) is 4.74 Å². The molecule has 0 aromatic heterocycles. The van der Waals surface area contributed by atoms with E-state index >= 15 is 0 Å². The lowest BCUT2D eigenvalue weighted by atomic mass is 9.77. The fourth-order valence-corrected chi connectivity index (χ4v) is 2.34. The molecule has 4 heteroatoms. The summed E-state index contributed by atoms with van der Waals surface area (Å²) in [7, 11) is 0. The van der Waals surface area contributed by atoms with Crippen LogP contribution in [0.25, 0.3) is 0 Å². The molecular weight excluding hydrogens is 228 g/mol. The van der Waals surface area contributed by atoms with Crippen LogP contribution in [0.2, 0.25) is 0 Å². The summed E-state index contributed by atoms with van der Waals surface area (Å²) in [6.07, 6.45) is 7.60. The Balaban J connectivity index is 2.36. The third kappa shape index (κ3) is 5.96. The highest BCUT2D eigenvalue weighted by Crippen LogP contribution is 2.35. The third-order valence-corrected chi connectivity index (χ3v) is 3.42. The zero-order valence-electron chi connectivity index (χ0n) is 11.7. The van der Waals surface area contributed by atoms with Gasteiger partial charge in [0.05, 0.1) is 5.60 Å². The summed E-state index contributed by atoms with van der Waals surface area (Å²) in [5.41, 5.74) is 5.28. The molecule has 0 radical (unpaired) electrons. The van der Waals surface area contributed by atoms with Crippen molar-refractivity contribution in [2.24, 2.45) is 11.1 Å². The van der Waals surface area contributed by atoms with Crippen LogP contribution in [0.4, 0.5) is 0 Å². The minimum atomic E-state index is -0.651. The topological polar surface area (TPSA) is 67.5 Å². The molecule has 0 aliphatic carbocycles. The van der Waals surface area contributed by atoms with E-state index in [1.807, 2.05) is 0 Å².